The van der Waals surface area contributed by atoms with Crippen LogP contribution in [0.3, 0.4) is 0 Å². The van der Waals surface area contributed by atoms with Gasteiger partial charge < -0.3 is 15.0 Å². The predicted molar refractivity (Wildman–Crippen MR) is 172 cm³/mol. The summed E-state index contributed by atoms with van der Waals surface area (Å²) in [5.41, 5.74) is 3.52. The van der Waals surface area contributed by atoms with Gasteiger partial charge in [0.25, 0.3) is 0 Å². The number of amides is 2. The highest BCUT2D eigenvalue weighted by molar-refractivity contribution is 7.88. The van der Waals surface area contributed by atoms with Gasteiger partial charge in [-0.3, -0.25) is 9.59 Å². The number of hydrogen-bond donors (Lipinski definition) is 1. The first-order valence-electron chi connectivity index (χ1n) is 14.5. The van der Waals surface area contributed by atoms with Gasteiger partial charge in [-0.2, -0.15) is 4.31 Å². The summed E-state index contributed by atoms with van der Waals surface area (Å²) in [5, 5.41) is 3.03. The molecule has 0 radical (unpaired) electrons. The maximum atomic E-state index is 14.1. The van der Waals surface area contributed by atoms with Crippen LogP contribution in [0, 0.1) is 0 Å². The van der Waals surface area contributed by atoms with Crippen molar-refractivity contribution in [2.75, 3.05) is 26.5 Å². The molecule has 0 saturated carbocycles. The first-order chi connectivity index (χ1) is 21.2. The van der Waals surface area contributed by atoms with Gasteiger partial charge in [0.15, 0.2) is 0 Å². The number of ether oxygens (including phenoxy) is 1. The van der Waals surface area contributed by atoms with Crippen LogP contribution in [0.5, 0.6) is 5.75 Å². The van der Waals surface area contributed by atoms with Crippen molar-refractivity contribution in [3.05, 3.63) is 138 Å². The Morgan fingerprint density at radius 1 is 0.727 bits per heavy atom. The first kappa shape index (κ1) is 32.4. The molecule has 0 aliphatic heterocycles. The molecule has 44 heavy (non-hydrogen) atoms. The Kier molecular flexibility index (Phi) is 11.7. The van der Waals surface area contributed by atoms with Crippen LogP contribution in [0.2, 0.25) is 0 Å². The summed E-state index contributed by atoms with van der Waals surface area (Å²) in [6.07, 6.45) is 1.96. The Morgan fingerprint density at radius 3 is 1.77 bits per heavy atom. The standard InChI is InChI=1S/C35H39N3O5S/c1-43-32-20-18-28(19-21-32)22-23-36-35(40)33(24-29-12-6-3-7-13-29)38(26-31-16-10-5-11-17-31)34(39)27-37(44(2,41)42)25-30-14-8-4-9-15-30/h3-21,33H,22-27H2,1-2H3,(H,36,40)/t33-/m1/s1. The van der Waals surface area contributed by atoms with Gasteiger partial charge in [0, 0.05) is 26.1 Å². The van der Waals surface area contributed by atoms with E-state index in [4.69, 9.17) is 4.74 Å². The molecule has 4 aromatic rings. The lowest BCUT2D eigenvalue weighted by Gasteiger charge is -2.33. The van der Waals surface area contributed by atoms with Crippen molar-refractivity contribution in [3.63, 3.8) is 0 Å². The summed E-state index contributed by atoms with van der Waals surface area (Å²) in [5.74, 6) is -0.00626. The number of sulfonamides is 1. The Balaban J connectivity index is 1.61. The molecular weight excluding hydrogens is 574 g/mol. The van der Waals surface area contributed by atoms with Crippen LogP contribution in [0.4, 0.5) is 0 Å². The minimum atomic E-state index is -3.74. The molecule has 1 N–H and O–H groups in total. The highest BCUT2D eigenvalue weighted by Crippen LogP contribution is 2.17. The van der Waals surface area contributed by atoms with Crippen molar-refractivity contribution in [1.29, 1.82) is 0 Å². The SMILES string of the molecule is COc1ccc(CCNC(=O)[C@@H](Cc2ccccc2)N(Cc2ccccc2)C(=O)CN(Cc2ccccc2)S(C)(=O)=O)cc1. The van der Waals surface area contributed by atoms with E-state index >= 15 is 0 Å². The van der Waals surface area contributed by atoms with Crippen molar-refractivity contribution < 1.29 is 22.7 Å². The van der Waals surface area contributed by atoms with Crippen molar-refractivity contribution in [2.45, 2.75) is 32.0 Å². The zero-order valence-electron chi connectivity index (χ0n) is 25.1. The van der Waals surface area contributed by atoms with E-state index in [0.29, 0.717) is 13.0 Å². The van der Waals surface area contributed by atoms with Crippen LogP contribution in [-0.2, 0) is 45.5 Å². The van der Waals surface area contributed by atoms with Crippen molar-refractivity contribution >= 4 is 21.8 Å². The zero-order chi connectivity index (χ0) is 31.4. The molecule has 0 heterocycles. The molecule has 0 unspecified atom stereocenters. The maximum Gasteiger partial charge on any atom is 0.243 e. The summed E-state index contributed by atoms with van der Waals surface area (Å²) >= 11 is 0. The van der Waals surface area contributed by atoms with E-state index < -0.39 is 28.5 Å². The van der Waals surface area contributed by atoms with Crippen LogP contribution in [0.15, 0.2) is 115 Å². The molecule has 2 amide bonds. The van der Waals surface area contributed by atoms with E-state index in [1.807, 2.05) is 115 Å². The van der Waals surface area contributed by atoms with Crippen molar-refractivity contribution in [1.82, 2.24) is 14.5 Å². The molecule has 9 heteroatoms. The molecular formula is C35H39N3O5S. The Hall–Kier alpha value is -4.47. The van der Waals surface area contributed by atoms with E-state index in [1.165, 1.54) is 4.90 Å². The Bertz CT molecular complexity index is 1580. The molecule has 0 bridgehead atoms. The van der Waals surface area contributed by atoms with E-state index in [-0.39, 0.29) is 25.4 Å². The molecule has 0 aromatic heterocycles. The molecule has 1 atom stereocenters. The topological polar surface area (TPSA) is 96.0 Å². The van der Waals surface area contributed by atoms with E-state index in [1.54, 1.807) is 7.11 Å². The second-order valence-electron chi connectivity index (χ2n) is 10.6. The lowest BCUT2D eigenvalue weighted by Crippen LogP contribution is -2.53. The third-order valence-electron chi connectivity index (χ3n) is 7.32. The van der Waals surface area contributed by atoms with Crippen LogP contribution in [0.1, 0.15) is 22.3 Å². The molecule has 0 saturated heterocycles. The van der Waals surface area contributed by atoms with Gasteiger partial charge in [-0.05, 0) is 40.8 Å². The molecule has 0 fully saturated rings. The molecule has 4 aromatic carbocycles. The van der Waals surface area contributed by atoms with Gasteiger partial charge >= 0.3 is 0 Å². The van der Waals surface area contributed by atoms with E-state index in [2.05, 4.69) is 5.32 Å². The van der Waals surface area contributed by atoms with E-state index in [9.17, 15) is 18.0 Å². The number of carbonyl (C=O) groups is 2. The molecule has 0 aliphatic carbocycles. The number of hydrogen-bond acceptors (Lipinski definition) is 5. The fourth-order valence-electron chi connectivity index (χ4n) is 4.89. The number of methoxy groups -OCH3 is 1. The van der Waals surface area contributed by atoms with Crippen LogP contribution < -0.4 is 10.1 Å². The largest absolute Gasteiger partial charge is 0.497 e. The minimum Gasteiger partial charge on any atom is -0.497 e. The third-order valence-corrected chi connectivity index (χ3v) is 8.52. The highest BCUT2D eigenvalue weighted by Gasteiger charge is 2.32. The normalized spacial score (nSPS) is 12.0. The lowest BCUT2D eigenvalue weighted by atomic mass is 10.0. The van der Waals surface area contributed by atoms with Gasteiger partial charge in [-0.15, -0.1) is 0 Å². The summed E-state index contributed by atoms with van der Waals surface area (Å²) in [6, 6.07) is 34.8. The van der Waals surface area contributed by atoms with Gasteiger partial charge in [-0.1, -0.05) is 103 Å². The second kappa shape index (κ2) is 15.8. The number of nitrogens with zero attached hydrogens (tertiary/aromatic N) is 2. The minimum absolute atomic E-state index is 0.0437. The highest BCUT2D eigenvalue weighted by atomic mass is 32.2. The summed E-state index contributed by atoms with van der Waals surface area (Å²) in [4.78, 5) is 29.5. The van der Waals surface area contributed by atoms with Crippen LogP contribution >= 0.6 is 0 Å². The van der Waals surface area contributed by atoms with Gasteiger partial charge in [0.2, 0.25) is 21.8 Å². The van der Waals surface area contributed by atoms with Gasteiger partial charge in [0.1, 0.15) is 11.8 Å². The molecule has 230 valence electrons. The fourth-order valence-corrected chi connectivity index (χ4v) is 5.62. The number of nitrogens with one attached hydrogen (secondary N) is 1. The predicted octanol–water partition coefficient (Wildman–Crippen LogP) is 4.46. The monoisotopic (exact) mass is 613 g/mol. The number of carbonyl (C=O) groups excluding carboxylic acids is 2. The maximum absolute atomic E-state index is 14.1. The lowest BCUT2D eigenvalue weighted by molar-refractivity contribution is -0.141. The second-order valence-corrected chi connectivity index (χ2v) is 12.6. The summed E-state index contributed by atoms with van der Waals surface area (Å²) in [6.45, 7) is 0.159. The average Bonchev–Trinajstić information content (AvgIpc) is 3.03. The zero-order valence-corrected chi connectivity index (χ0v) is 26.0. The fraction of sp³-hybridized carbons (Fsp3) is 0.257. The van der Waals surface area contributed by atoms with Gasteiger partial charge in [0.05, 0.1) is 19.9 Å². The van der Waals surface area contributed by atoms with Crippen LogP contribution in [0.25, 0.3) is 0 Å². The number of benzene rings is 4. The Labute approximate surface area is 260 Å². The molecule has 0 aliphatic rings. The Morgan fingerprint density at radius 2 is 1.25 bits per heavy atom. The summed E-state index contributed by atoms with van der Waals surface area (Å²) < 4.78 is 32.1. The van der Waals surface area contributed by atoms with Crippen molar-refractivity contribution in [2.24, 2.45) is 0 Å². The van der Waals surface area contributed by atoms with Crippen molar-refractivity contribution in [3.8, 4) is 5.75 Å². The van der Waals surface area contributed by atoms with Gasteiger partial charge in [-0.25, -0.2) is 8.42 Å². The smallest absolute Gasteiger partial charge is 0.243 e. The van der Waals surface area contributed by atoms with Crippen LogP contribution in [-0.4, -0.2) is 61.9 Å². The van der Waals surface area contributed by atoms with E-state index in [0.717, 1.165) is 38.6 Å². The summed E-state index contributed by atoms with van der Waals surface area (Å²) in [7, 11) is -2.13. The first-order valence-corrected chi connectivity index (χ1v) is 16.3. The molecule has 8 nitrogen and oxygen atoms in total. The third kappa shape index (κ3) is 9.79. The number of rotatable bonds is 15. The quantitative estimate of drug-likeness (QED) is 0.214. The molecule has 4 rings (SSSR count). The average molecular weight is 614 g/mol. The molecule has 0 spiro atoms.